The van der Waals surface area contributed by atoms with Gasteiger partial charge in [0.1, 0.15) is 0 Å². The average molecular weight is 294 g/mol. The highest BCUT2D eigenvalue weighted by Gasteiger charge is 2.15. The average Bonchev–Trinajstić information content (AvgIpc) is 2.77. The number of hydrogen-bond donors (Lipinski definition) is 2. The number of nitrogens with two attached hydrogens (primary N) is 1. The first-order chi connectivity index (χ1) is 9.29. The number of sulfonamides is 1. The molecule has 0 aliphatic rings. The Labute approximate surface area is 118 Å². The van der Waals surface area contributed by atoms with Crippen molar-refractivity contribution >= 4 is 15.7 Å². The van der Waals surface area contributed by atoms with E-state index in [-0.39, 0.29) is 10.9 Å². The van der Waals surface area contributed by atoms with Crippen LogP contribution in [0.15, 0.2) is 35.5 Å². The van der Waals surface area contributed by atoms with Gasteiger partial charge in [-0.25, -0.2) is 13.6 Å². The molecule has 1 heterocycles. The minimum Gasteiger partial charge on any atom is -0.378 e. The summed E-state index contributed by atoms with van der Waals surface area (Å²) >= 11 is 0. The summed E-state index contributed by atoms with van der Waals surface area (Å²) in [5, 5.41) is 12.6. The van der Waals surface area contributed by atoms with Gasteiger partial charge < -0.3 is 5.32 Å². The van der Waals surface area contributed by atoms with Gasteiger partial charge in [-0.3, -0.25) is 4.68 Å². The molecular formula is C13H18N4O2S. The summed E-state index contributed by atoms with van der Waals surface area (Å²) in [5.41, 5.74) is 2.38. The van der Waals surface area contributed by atoms with Crippen LogP contribution in [0.25, 0.3) is 0 Å². The molecular weight excluding hydrogens is 276 g/mol. The molecule has 1 aromatic carbocycles. The molecule has 6 nitrogen and oxygen atoms in total. The van der Waals surface area contributed by atoms with Crippen LogP contribution in [0.5, 0.6) is 0 Å². The second-order valence-electron chi connectivity index (χ2n) is 4.79. The summed E-state index contributed by atoms with van der Waals surface area (Å²) in [4.78, 5) is 0.140. The van der Waals surface area contributed by atoms with Crippen LogP contribution in [-0.2, 0) is 17.1 Å². The SMILES string of the molecule is Cc1c(NC(C)c2cnn(C)c2)cccc1S(N)(=O)=O. The highest BCUT2D eigenvalue weighted by Crippen LogP contribution is 2.25. The van der Waals surface area contributed by atoms with Crippen LogP contribution in [0.1, 0.15) is 24.1 Å². The Kier molecular flexibility index (Phi) is 3.82. The maximum atomic E-state index is 11.5. The van der Waals surface area contributed by atoms with Gasteiger partial charge in [-0.2, -0.15) is 5.10 Å². The van der Waals surface area contributed by atoms with Crippen LogP contribution in [0.4, 0.5) is 5.69 Å². The Hall–Kier alpha value is -1.86. The number of benzene rings is 1. The molecule has 20 heavy (non-hydrogen) atoms. The highest BCUT2D eigenvalue weighted by molar-refractivity contribution is 7.89. The minimum absolute atomic E-state index is 0.0122. The van der Waals surface area contributed by atoms with Gasteiger partial charge in [0, 0.05) is 24.5 Å². The largest absolute Gasteiger partial charge is 0.378 e. The van der Waals surface area contributed by atoms with Gasteiger partial charge in [0.2, 0.25) is 10.0 Å². The third-order valence-electron chi connectivity index (χ3n) is 3.19. The topological polar surface area (TPSA) is 90.0 Å². The zero-order chi connectivity index (χ0) is 14.9. The van der Waals surface area contributed by atoms with E-state index in [0.29, 0.717) is 5.56 Å². The van der Waals surface area contributed by atoms with E-state index < -0.39 is 10.0 Å². The molecule has 0 aliphatic carbocycles. The molecule has 0 spiro atoms. The lowest BCUT2D eigenvalue weighted by Gasteiger charge is -2.17. The first-order valence-corrected chi connectivity index (χ1v) is 7.71. The normalized spacial score (nSPS) is 13.2. The third kappa shape index (κ3) is 3.00. The summed E-state index contributed by atoms with van der Waals surface area (Å²) in [7, 11) is -1.86. The van der Waals surface area contributed by atoms with Crippen molar-refractivity contribution in [2.75, 3.05) is 5.32 Å². The summed E-state index contributed by atoms with van der Waals surface area (Å²) in [5.74, 6) is 0. The highest BCUT2D eigenvalue weighted by atomic mass is 32.2. The van der Waals surface area contributed by atoms with Crippen molar-refractivity contribution in [3.63, 3.8) is 0 Å². The molecule has 0 amide bonds. The molecule has 0 fully saturated rings. The number of hydrogen-bond acceptors (Lipinski definition) is 4. The Balaban J connectivity index is 2.31. The smallest absolute Gasteiger partial charge is 0.238 e. The monoisotopic (exact) mass is 294 g/mol. The van der Waals surface area contributed by atoms with Crippen molar-refractivity contribution in [2.24, 2.45) is 12.2 Å². The molecule has 108 valence electrons. The van der Waals surface area contributed by atoms with E-state index in [9.17, 15) is 8.42 Å². The van der Waals surface area contributed by atoms with Gasteiger partial charge in [0.15, 0.2) is 0 Å². The Morgan fingerprint density at radius 2 is 2.10 bits per heavy atom. The number of rotatable bonds is 4. The Morgan fingerprint density at radius 3 is 2.65 bits per heavy atom. The molecule has 0 aliphatic heterocycles. The van der Waals surface area contributed by atoms with E-state index in [0.717, 1.165) is 11.3 Å². The summed E-state index contributed by atoms with van der Waals surface area (Å²) in [6.07, 6.45) is 3.69. The molecule has 1 aromatic heterocycles. The van der Waals surface area contributed by atoms with E-state index in [1.54, 1.807) is 23.9 Å². The fourth-order valence-electron chi connectivity index (χ4n) is 2.06. The van der Waals surface area contributed by atoms with Crippen LogP contribution in [-0.4, -0.2) is 18.2 Å². The van der Waals surface area contributed by atoms with Gasteiger partial charge in [-0.15, -0.1) is 0 Å². The quantitative estimate of drug-likeness (QED) is 0.895. The van der Waals surface area contributed by atoms with Crippen LogP contribution in [0.3, 0.4) is 0 Å². The van der Waals surface area contributed by atoms with Crippen molar-refractivity contribution in [2.45, 2.75) is 24.8 Å². The zero-order valence-electron chi connectivity index (χ0n) is 11.7. The van der Waals surface area contributed by atoms with Gasteiger partial charge in [-0.05, 0) is 31.5 Å². The maximum Gasteiger partial charge on any atom is 0.238 e. The van der Waals surface area contributed by atoms with E-state index >= 15 is 0 Å². The lowest BCUT2D eigenvalue weighted by molar-refractivity contribution is 0.597. The standard InChI is InChI=1S/C13H18N4O2S/c1-9-12(5-4-6-13(9)20(14,18)19)16-10(2)11-7-15-17(3)8-11/h4-8,10,16H,1-3H3,(H2,14,18,19). The predicted molar refractivity (Wildman–Crippen MR) is 77.8 cm³/mol. The van der Waals surface area contributed by atoms with Gasteiger partial charge >= 0.3 is 0 Å². The maximum absolute atomic E-state index is 11.5. The number of aromatic nitrogens is 2. The zero-order valence-corrected chi connectivity index (χ0v) is 12.5. The molecule has 3 N–H and O–H groups in total. The van der Waals surface area contributed by atoms with Crippen molar-refractivity contribution in [3.8, 4) is 0 Å². The summed E-state index contributed by atoms with van der Waals surface area (Å²) in [6.45, 7) is 3.72. The van der Waals surface area contributed by atoms with Crippen molar-refractivity contribution in [1.82, 2.24) is 9.78 Å². The molecule has 0 saturated carbocycles. The van der Waals surface area contributed by atoms with Crippen molar-refractivity contribution in [1.29, 1.82) is 0 Å². The van der Waals surface area contributed by atoms with Crippen LogP contribution in [0.2, 0.25) is 0 Å². The Bertz CT molecular complexity index is 722. The fraction of sp³-hybridized carbons (Fsp3) is 0.308. The van der Waals surface area contributed by atoms with Gasteiger partial charge in [0.05, 0.1) is 17.1 Å². The molecule has 7 heteroatoms. The van der Waals surface area contributed by atoms with Gasteiger partial charge in [0.25, 0.3) is 0 Å². The third-order valence-corrected chi connectivity index (χ3v) is 4.24. The van der Waals surface area contributed by atoms with E-state index in [1.807, 2.05) is 26.2 Å². The number of nitrogens with one attached hydrogen (secondary N) is 1. The van der Waals surface area contributed by atoms with Crippen molar-refractivity contribution in [3.05, 3.63) is 41.7 Å². The van der Waals surface area contributed by atoms with Gasteiger partial charge in [-0.1, -0.05) is 6.07 Å². The molecule has 0 bridgehead atoms. The fourth-order valence-corrected chi connectivity index (χ4v) is 2.86. The summed E-state index contributed by atoms with van der Waals surface area (Å²) < 4.78 is 24.7. The molecule has 2 rings (SSSR count). The number of nitrogens with zero attached hydrogens (tertiary/aromatic N) is 2. The predicted octanol–water partition coefficient (Wildman–Crippen LogP) is 1.55. The molecule has 1 unspecified atom stereocenters. The van der Waals surface area contributed by atoms with Crippen LogP contribution in [0, 0.1) is 6.92 Å². The lowest BCUT2D eigenvalue weighted by atomic mass is 10.1. The first-order valence-electron chi connectivity index (χ1n) is 6.16. The first kappa shape index (κ1) is 14.5. The van der Waals surface area contributed by atoms with Crippen LogP contribution >= 0.6 is 0 Å². The van der Waals surface area contributed by atoms with Crippen LogP contribution < -0.4 is 10.5 Å². The second-order valence-corrected chi connectivity index (χ2v) is 6.32. The Morgan fingerprint density at radius 1 is 1.40 bits per heavy atom. The number of aryl methyl sites for hydroxylation is 1. The molecule has 1 atom stereocenters. The number of primary sulfonamides is 1. The summed E-state index contributed by atoms with van der Waals surface area (Å²) in [6, 6.07) is 5.02. The van der Waals surface area contributed by atoms with Crippen molar-refractivity contribution < 1.29 is 8.42 Å². The number of anilines is 1. The van der Waals surface area contributed by atoms with E-state index in [1.165, 1.54) is 6.07 Å². The lowest BCUT2D eigenvalue weighted by Crippen LogP contribution is -2.15. The van der Waals surface area contributed by atoms with E-state index in [2.05, 4.69) is 10.4 Å². The molecule has 0 saturated heterocycles. The molecule has 0 radical (unpaired) electrons. The van der Waals surface area contributed by atoms with E-state index in [4.69, 9.17) is 5.14 Å². The molecule has 2 aromatic rings. The minimum atomic E-state index is -3.71. The second kappa shape index (κ2) is 5.26.